The maximum absolute atomic E-state index is 11.7. The Balaban J connectivity index is 2.09. The van der Waals surface area contributed by atoms with Crippen LogP contribution in [0.15, 0.2) is 12.1 Å². The molecule has 2 rings (SSSR count). The summed E-state index contributed by atoms with van der Waals surface area (Å²) in [4.78, 5) is 13.5. The molecule has 6 heteroatoms. The lowest BCUT2D eigenvalue weighted by Gasteiger charge is -2.24. The highest BCUT2D eigenvalue weighted by Gasteiger charge is 2.17. The van der Waals surface area contributed by atoms with Crippen LogP contribution in [-0.2, 0) is 4.79 Å². The number of rotatable bonds is 5. The second-order valence-corrected chi connectivity index (χ2v) is 4.76. The van der Waals surface area contributed by atoms with E-state index in [1.165, 1.54) is 0 Å². The monoisotopic (exact) mass is 279 g/mol. The number of hydrogen-bond donors (Lipinski definition) is 2. The molecule has 0 saturated heterocycles. The van der Waals surface area contributed by atoms with Crippen LogP contribution in [-0.4, -0.2) is 39.3 Å². The summed E-state index contributed by atoms with van der Waals surface area (Å²) in [6, 6.07) is 3.56. The lowest BCUT2D eigenvalue weighted by atomic mass is 10.2. The zero-order valence-corrected chi connectivity index (χ0v) is 11.9. The number of ether oxygens (including phenoxy) is 2. The number of nitrogens with one attached hydrogen (secondary N) is 1. The zero-order chi connectivity index (χ0) is 14.5. The minimum atomic E-state index is -0.0244. The fourth-order valence-corrected chi connectivity index (χ4v) is 2.05. The molecular weight excluding hydrogens is 258 g/mol. The molecule has 110 valence electrons. The minimum Gasteiger partial charge on any atom is -0.486 e. The van der Waals surface area contributed by atoms with Crippen LogP contribution in [0, 0.1) is 0 Å². The van der Waals surface area contributed by atoms with Gasteiger partial charge in [0.1, 0.15) is 13.2 Å². The van der Waals surface area contributed by atoms with E-state index in [1.54, 1.807) is 11.0 Å². The number of carbonyl (C=O) groups is 1. The molecule has 0 saturated carbocycles. The molecule has 0 aliphatic carbocycles. The minimum absolute atomic E-state index is 0.0244. The number of nitrogens with zero attached hydrogens (tertiary/aromatic N) is 1. The van der Waals surface area contributed by atoms with Gasteiger partial charge in [-0.3, -0.25) is 4.79 Å². The number of nitrogens with two attached hydrogens (primary N) is 1. The van der Waals surface area contributed by atoms with Gasteiger partial charge in [-0.15, -0.1) is 0 Å². The highest BCUT2D eigenvalue weighted by atomic mass is 16.6. The summed E-state index contributed by atoms with van der Waals surface area (Å²) in [5.41, 5.74) is 7.35. The molecule has 0 atom stereocenters. The molecule has 0 radical (unpaired) electrons. The Kier molecular flexibility index (Phi) is 4.55. The first kappa shape index (κ1) is 14.3. The summed E-state index contributed by atoms with van der Waals surface area (Å²) in [6.45, 7) is 4.01. The van der Waals surface area contributed by atoms with Crippen molar-refractivity contribution >= 4 is 17.3 Å². The Morgan fingerprint density at radius 3 is 2.65 bits per heavy atom. The Bertz CT molecular complexity index is 491. The molecule has 1 aromatic carbocycles. The number of likely N-dealkylation sites (N-methyl/N-ethyl adjacent to an activating group) is 1. The van der Waals surface area contributed by atoms with E-state index >= 15 is 0 Å². The highest BCUT2D eigenvalue weighted by molar-refractivity contribution is 5.83. The number of amides is 1. The van der Waals surface area contributed by atoms with E-state index in [2.05, 4.69) is 5.32 Å². The van der Waals surface area contributed by atoms with Crippen LogP contribution in [0.2, 0.25) is 0 Å². The Labute approximate surface area is 118 Å². The first-order valence-electron chi connectivity index (χ1n) is 6.78. The van der Waals surface area contributed by atoms with Gasteiger partial charge in [-0.1, -0.05) is 6.92 Å². The smallest absolute Gasteiger partial charge is 0.239 e. The molecule has 0 aromatic heterocycles. The largest absolute Gasteiger partial charge is 0.486 e. The molecular formula is C14H21N3O3. The lowest BCUT2D eigenvalue weighted by molar-refractivity contribution is -0.119. The van der Waals surface area contributed by atoms with Crippen molar-refractivity contribution in [1.82, 2.24) is 5.32 Å². The maximum Gasteiger partial charge on any atom is 0.239 e. The Morgan fingerprint density at radius 2 is 2.00 bits per heavy atom. The number of anilines is 2. The summed E-state index contributed by atoms with van der Waals surface area (Å²) < 4.78 is 11.0. The van der Waals surface area contributed by atoms with Crippen LogP contribution < -0.4 is 25.4 Å². The molecule has 1 aromatic rings. The summed E-state index contributed by atoms with van der Waals surface area (Å²) in [6.07, 6.45) is 0.918. The van der Waals surface area contributed by atoms with E-state index in [9.17, 15) is 4.79 Å². The normalized spacial score (nSPS) is 12.9. The SMILES string of the molecule is CCCNC(=O)CN(C)c1cc2c(cc1N)OCCO2. The predicted molar refractivity (Wildman–Crippen MR) is 78.4 cm³/mol. The van der Waals surface area contributed by atoms with Crippen molar-refractivity contribution in [1.29, 1.82) is 0 Å². The van der Waals surface area contributed by atoms with E-state index in [4.69, 9.17) is 15.2 Å². The van der Waals surface area contributed by atoms with Crippen LogP contribution in [0.1, 0.15) is 13.3 Å². The standard InChI is InChI=1S/C14H21N3O3/c1-3-4-16-14(18)9-17(2)11-8-13-12(7-10(11)15)19-5-6-20-13/h7-8H,3-6,9,15H2,1-2H3,(H,16,18). The number of nitrogen functional groups attached to an aromatic ring is 1. The van der Waals surface area contributed by atoms with Crippen LogP contribution in [0.25, 0.3) is 0 Å². The molecule has 1 heterocycles. The number of hydrogen-bond acceptors (Lipinski definition) is 5. The third kappa shape index (κ3) is 3.26. The second-order valence-electron chi connectivity index (χ2n) is 4.76. The van der Waals surface area contributed by atoms with Crippen LogP contribution in [0.3, 0.4) is 0 Å². The molecule has 3 N–H and O–H groups in total. The maximum atomic E-state index is 11.7. The average molecular weight is 279 g/mol. The Hall–Kier alpha value is -2.11. The van der Waals surface area contributed by atoms with Gasteiger partial charge in [-0.25, -0.2) is 0 Å². The van der Waals surface area contributed by atoms with Crippen molar-refractivity contribution in [3.63, 3.8) is 0 Å². The van der Waals surface area contributed by atoms with E-state index in [0.29, 0.717) is 36.9 Å². The van der Waals surface area contributed by atoms with Crippen LogP contribution in [0.4, 0.5) is 11.4 Å². The molecule has 1 amide bonds. The second kappa shape index (κ2) is 6.36. The van der Waals surface area contributed by atoms with Crippen molar-refractivity contribution in [2.75, 3.05) is 44.0 Å². The van der Waals surface area contributed by atoms with Gasteiger partial charge in [0.2, 0.25) is 5.91 Å². The quantitative estimate of drug-likeness (QED) is 0.786. The fraction of sp³-hybridized carbons (Fsp3) is 0.500. The molecule has 0 unspecified atom stereocenters. The van der Waals surface area contributed by atoms with E-state index in [-0.39, 0.29) is 12.5 Å². The summed E-state index contributed by atoms with van der Waals surface area (Å²) in [5, 5.41) is 2.84. The highest BCUT2D eigenvalue weighted by Crippen LogP contribution is 2.38. The van der Waals surface area contributed by atoms with Crippen molar-refractivity contribution < 1.29 is 14.3 Å². The zero-order valence-electron chi connectivity index (χ0n) is 11.9. The summed E-state index contributed by atoms with van der Waals surface area (Å²) in [5.74, 6) is 1.30. The van der Waals surface area contributed by atoms with Gasteiger partial charge < -0.3 is 25.4 Å². The van der Waals surface area contributed by atoms with Gasteiger partial charge in [-0.05, 0) is 6.42 Å². The van der Waals surface area contributed by atoms with Crippen molar-refractivity contribution in [2.24, 2.45) is 0 Å². The van der Waals surface area contributed by atoms with Gasteiger partial charge in [0.05, 0.1) is 17.9 Å². The van der Waals surface area contributed by atoms with Crippen LogP contribution >= 0.6 is 0 Å². The molecule has 6 nitrogen and oxygen atoms in total. The fourth-order valence-electron chi connectivity index (χ4n) is 2.05. The molecule has 0 fully saturated rings. The molecule has 1 aliphatic rings. The number of fused-ring (bicyclic) bond motifs is 1. The van der Waals surface area contributed by atoms with Crippen molar-refractivity contribution in [3.8, 4) is 11.5 Å². The van der Waals surface area contributed by atoms with E-state index < -0.39 is 0 Å². The topological polar surface area (TPSA) is 76.8 Å². The van der Waals surface area contributed by atoms with Gasteiger partial charge in [0.15, 0.2) is 11.5 Å². The molecule has 20 heavy (non-hydrogen) atoms. The summed E-state index contributed by atoms with van der Waals surface area (Å²) in [7, 11) is 1.83. The van der Waals surface area contributed by atoms with Crippen molar-refractivity contribution in [2.45, 2.75) is 13.3 Å². The van der Waals surface area contributed by atoms with Crippen molar-refractivity contribution in [3.05, 3.63) is 12.1 Å². The third-order valence-corrected chi connectivity index (χ3v) is 3.06. The first-order valence-corrected chi connectivity index (χ1v) is 6.78. The Morgan fingerprint density at radius 1 is 1.35 bits per heavy atom. The van der Waals surface area contributed by atoms with Gasteiger partial charge >= 0.3 is 0 Å². The number of carbonyl (C=O) groups excluding carboxylic acids is 1. The predicted octanol–water partition coefficient (Wildman–Crippen LogP) is 1.00. The summed E-state index contributed by atoms with van der Waals surface area (Å²) >= 11 is 0. The molecule has 1 aliphatic heterocycles. The third-order valence-electron chi connectivity index (χ3n) is 3.06. The van der Waals surface area contributed by atoms with Crippen LogP contribution in [0.5, 0.6) is 11.5 Å². The first-order chi connectivity index (χ1) is 9.61. The van der Waals surface area contributed by atoms with Gasteiger partial charge in [0.25, 0.3) is 0 Å². The van der Waals surface area contributed by atoms with Gasteiger partial charge in [0, 0.05) is 25.7 Å². The molecule has 0 bridgehead atoms. The molecule has 0 spiro atoms. The average Bonchev–Trinajstić information content (AvgIpc) is 2.44. The lowest BCUT2D eigenvalue weighted by Crippen LogP contribution is -2.35. The number of benzene rings is 1. The van der Waals surface area contributed by atoms with E-state index in [1.807, 2.05) is 20.0 Å². The van der Waals surface area contributed by atoms with Gasteiger partial charge in [-0.2, -0.15) is 0 Å². The van der Waals surface area contributed by atoms with E-state index in [0.717, 1.165) is 12.1 Å².